The van der Waals surface area contributed by atoms with E-state index in [-0.39, 0.29) is 0 Å². The Labute approximate surface area is 185 Å². The minimum atomic E-state index is 0.358. The van der Waals surface area contributed by atoms with Crippen molar-refractivity contribution in [2.45, 2.75) is 6.54 Å². The summed E-state index contributed by atoms with van der Waals surface area (Å²) in [4.78, 5) is 6.56. The van der Waals surface area contributed by atoms with Crippen LogP contribution in [0.3, 0.4) is 0 Å². The zero-order chi connectivity index (χ0) is 21.3. The Morgan fingerprint density at radius 1 is 1.07 bits per heavy atom. The van der Waals surface area contributed by atoms with Crippen molar-refractivity contribution in [3.63, 3.8) is 0 Å². The Morgan fingerprint density at radius 3 is 2.67 bits per heavy atom. The van der Waals surface area contributed by atoms with Gasteiger partial charge in [-0.05, 0) is 43.4 Å². The first kappa shape index (κ1) is 20.4. The summed E-state index contributed by atoms with van der Waals surface area (Å²) >= 11 is 12.6. The largest absolute Gasteiger partial charge is 0.383 e. The van der Waals surface area contributed by atoms with Gasteiger partial charge in [-0.15, -0.1) is 10.6 Å². The summed E-state index contributed by atoms with van der Waals surface area (Å²) in [5, 5.41) is 6.89. The molecule has 2 aromatic carbocycles. The van der Waals surface area contributed by atoms with E-state index in [1.54, 1.807) is 17.3 Å². The number of amidine groups is 1. The molecule has 0 bridgehead atoms. The first-order valence-electron chi connectivity index (χ1n) is 9.27. The van der Waals surface area contributed by atoms with Crippen molar-refractivity contribution in [2.75, 3.05) is 24.8 Å². The fourth-order valence-electron chi connectivity index (χ4n) is 3.33. The molecule has 3 aromatic rings. The van der Waals surface area contributed by atoms with Gasteiger partial charge in [0, 0.05) is 18.3 Å². The summed E-state index contributed by atoms with van der Waals surface area (Å²) in [7, 11) is 4.08. The molecule has 1 aliphatic rings. The summed E-state index contributed by atoms with van der Waals surface area (Å²) in [6.07, 6.45) is 1.78. The van der Waals surface area contributed by atoms with E-state index in [2.05, 4.69) is 38.2 Å². The Morgan fingerprint density at radius 2 is 1.87 bits per heavy atom. The number of hydrazone groups is 1. The van der Waals surface area contributed by atoms with Gasteiger partial charge >= 0.3 is 0 Å². The highest BCUT2D eigenvalue weighted by molar-refractivity contribution is 6.44. The second kappa shape index (κ2) is 8.49. The lowest BCUT2D eigenvalue weighted by Crippen LogP contribution is -2.41. The lowest BCUT2D eigenvalue weighted by Gasteiger charge is -2.21. The van der Waals surface area contributed by atoms with Crippen LogP contribution in [0, 0.1) is 0 Å². The zero-order valence-corrected chi connectivity index (χ0v) is 18.0. The number of nitrogens with two attached hydrogens (primary N) is 1. The fourth-order valence-corrected chi connectivity index (χ4v) is 3.71. The summed E-state index contributed by atoms with van der Waals surface area (Å²) in [5.41, 5.74) is 16.5. The van der Waals surface area contributed by atoms with Gasteiger partial charge in [-0.1, -0.05) is 53.5 Å². The number of nitrogens with zero attached hydrogens (tertiary/aromatic N) is 4. The van der Waals surface area contributed by atoms with Gasteiger partial charge in [0.1, 0.15) is 5.82 Å². The monoisotopic (exact) mass is 441 g/mol. The maximum absolute atomic E-state index is 6.41. The summed E-state index contributed by atoms with van der Waals surface area (Å²) in [6.45, 7) is 0.810. The number of hydrogen-bond acceptors (Lipinski definition) is 7. The van der Waals surface area contributed by atoms with Gasteiger partial charge < -0.3 is 10.6 Å². The molecule has 1 aliphatic heterocycles. The van der Waals surface area contributed by atoms with Crippen LogP contribution in [0.5, 0.6) is 0 Å². The highest BCUT2D eigenvalue weighted by Gasteiger charge is 2.26. The maximum Gasteiger partial charge on any atom is 0.181 e. The fraction of sp³-hybridized carbons (Fsp3) is 0.143. The van der Waals surface area contributed by atoms with E-state index < -0.39 is 0 Å². The summed E-state index contributed by atoms with van der Waals surface area (Å²) in [6, 6.07) is 15.6. The van der Waals surface area contributed by atoms with Gasteiger partial charge in [0.25, 0.3) is 0 Å². The van der Waals surface area contributed by atoms with Crippen LogP contribution in [0.2, 0.25) is 10.0 Å². The summed E-state index contributed by atoms with van der Waals surface area (Å²) < 4.78 is 0. The van der Waals surface area contributed by atoms with E-state index >= 15 is 0 Å². The number of nitrogens with one attached hydrogen (secondary N) is 2. The molecule has 0 fully saturated rings. The number of anilines is 2. The Hall–Kier alpha value is -2.84. The van der Waals surface area contributed by atoms with E-state index in [4.69, 9.17) is 28.9 Å². The molecule has 4 N–H and O–H groups in total. The second-order valence-electron chi connectivity index (χ2n) is 7.12. The van der Waals surface area contributed by atoms with E-state index in [0.29, 0.717) is 32.9 Å². The third-order valence-electron chi connectivity index (χ3n) is 4.68. The molecule has 0 saturated carbocycles. The van der Waals surface area contributed by atoms with Gasteiger partial charge in [0.15, 0.2) is 5.84 Å². The molecule has 0 aliphatic carbocycles. The molecule has 0 radical (unpaired) electrons. The zero-order valence-electron chi connectivity index (χ0n) is 16.5. The van der Waals surface area contributed by atoms with Crippen molar-refractivity contribution >= 4 is 40.5 Å². The minimum Gasteiger partial charge on any atom is -0.383 e. The molecule has 1 aromatic heterocycles. The summed E-state index contributed by atoms with van der Waals surface area (Å²) in [5.74, 6) is 0.896. The first-order chi connectivity index (χ1) is 14.5. The molecule has 0 unspecified atom stereocenters. The van der Waals surface area contributed by atoms with Crippen molar-refractivity contribution in [3.05, 3.63) is 75.9 Å². The highest BCUT2D eigenvalue weighted by atomic mass is 35.5. The van der Waals surface area contributed by atoms with E-state index in [9.17, 15) is 0 Å². The first-order valence-corrected chi connectivity index (χ1v) is 10.0. The van der Waals surface area contributed by atoms with Crippen LogP contribution in [0.25, 0.3) is 11.1 Å². The van der Waals surface area contributed by atoms with Crippen LogP contribution in [-0.2, 0) is 6.54 Å². The van der Waals surface area contributed by atoms with E-state index in [1.165, 1.54) is 5.56 Å². The van der Waals surface area contributed by atoms with Gasteiger partial charge in [0.2, 0.25) is 0 Å². The third-order valence-corrected chi connectivity index (χ3v) is 5.49. The van der Waals surface area contributed by atoms with Crippen LogP contribution < -0.4 is 21.8 Å². The van der Waals surface area contributed by atoms with Crippen molar-refractivity contribution in [1.29, 1.82) is 0 Å². The van der Waals surface area contributed by atoms with Gasteiger partial charge in [0.05, 0.1) is 21.3 Å². The molecule has 30 heavy (non-hydrogen) atoms. The van der Waals surface area contributed by atoms with Crippen molar-refractivity contribution < 1.29 is 0 Å². The van der Waals surface area contributed by atoms with Gasteiger partial charge in [-0.25, -0.2) is 15.5 Å². The van der Waals surface area contributed by atoms with Crippen molar-refractivity contribution in [1.82, 2.24) is 21.0 Å². The topological polar surface area (TPSA) is 81.8 Å². The minimum absolute atomic E-state index is 0.358. The molecule has 0 saturated heterocycles. The lowest BCUT2D eigenvalue weighted by atomic mass is 9.99. The maximum atomic E-state index is 6.41. The highest BCUT2D eigenvalue weighted by Crippen LogP contribution is 2.34. The quantitative estimate of drug-likeness (QED) is 0.556. The number of aromatic nitrogens is 1. The van der Waals surface area contributed by atoms with Crippen LogP contribution in [0.15, 0.2) is 59.8 Å². The number of hydrogen-bond donors (Lipinski definition) is 3. The smallest absolute Gasteiger partial charge is 0.181 e. The number of benzene rings is 2. The predicted octanol–water partition coefficient (Wildman–Crippen LogP) is 3.89. The predicted molar refractivity (Wildman–Crippen MR) is 123 cm³/mol. The van der Waals surface area contributed by atoms with E-state index in [1.807, 2.05) is 44.4 Å². The molecule has 0 spiro atoms. The van der Waals surface area contributed by atoms with E-state index in [0.717, 1.165) is 17.7 Å². The Bertz CT molecular complexity index is 1110. The SMILES string of the molecule is CN(C)Cc1ccccc1-c1cnc(N)c(C2=NNNN2c2cccc(Cl)c2Cl)c1. The lowest BCUT2D eigenvalue weighted by molar-refractivity contribution is 0.403. The molecular formula is C21H21Cl2N7. The average molecular weight is 442 g/mol. The van der Waals surface area contributed by atoms with Crippen molar-refractivity contribution in [3.8, 4) is 11.1 Å². The van der Waals surface area contributed by atoms with Crippen LogP contribution in [0.1, 0.15) is 11.1 Å². The molecule has 4 rings (SSSR count). The molecule has 0 amide bonds. The average Bonchev–Trinajstić information content (AvgIpc) is 3.20. The number of hydrazine groups is 2. The third kappa shape index (κ3) is 3.93. The second-order valence-corrected chi connectivity index (χ2v) is 7.90. The number of rotatable bonds is 5. The molecular weight excluding hydrogens is 421 g/mol. The standard InChI is InChI=1S/C21H21Cl2N7/c1-29(2)12-13-6-3-4-7-15(13)14-10-16(20(24)25-11-14)21-26-27-28-30(21)18-9-5-8-17(22)19(18)23/h3-11,27-28H,12H2,1-2H3,(H2,24,25). The molecule has 2 heterocycles. The number of nitrogen functional groups attached to an aromatic ring is 1. The Balaban J connectivity index is 1.77. The normalized spacial score (nSPS) is 13.5. The van der Waals surface area contributed by atoms with Gasteiger partial charge in [-0.3, -0.25) is 0 Å². The number of halogens is 2. The van der Waals surface area contributed by atoms with Crippen LogP contribution in [0.4, 0.5) is 11.5 Å². The van der Waals surface area contributed by atoms with Crippen LogP contribution >= 0.6 is 23.2 Å². The Kier molecular flexibility index (Phi) is 5.78. The molecule has 9 heteroatoms. The molecule has 154 valence electrons. The molecule has 0 atom stereocenters. The molecule has 7 nitrogen and oxygen atoms in total. The number of pyridine rings is 1. The van der Waals surface area contributed by atoms with Crippen LogP contribution in [-0.4, -0.2) is 29.8 Å². The van der Waals surface area contributed by atoms with Crippen molar-refractivity contribution in [2.24, 2.45) is 5.10 Å². The van der Waals surface area contributed by atoms with Gasteiger partial charge in [-0.2, -0.15) is 0 Å².